The predicted molar refractivity (Wildman–Crippen MR) is 85.1 cm³/mol. The number of carbonyl (C=O) groups excluding carboxylic acids is 1. The molecule has 106 valence electrons. The molecule has 21 heavy (non-hydrogen) atoms. The van der Waals surface area contributed by atoms with E-state index in [4.69, 9.17) is 23.2 Å². The van der Waals surface area contributed by atoms with E-state index in [1.54, 1.807) is 36.7 Å². The molecule has 3 aromatic rings. The minimum Gasteiger partial charge on any atom is -0.318 e. The Bertz CT molecular complexity index is 829. The molecule has 0 saturated heterocycles. The van der Waals surface area contributed by atoms with Gasteiger partial charge < -0.3 is 5.32 Å². The fourth-order valence-corrected chi connectivity index (χ4v) is 2.83. The standard InChI is InChI=1S/C13H7BrCl2N4O/c14-9-11(19-20-6-2-5-17-12(9)20)13(21)18-10-7(15)3-1-4-8(10)16/h1-6H,(H,18,21). The van der Waals surface area contributed by atoms with Crippen LogP contribution in [0.4, 0.5) is 5.69 Å². The number of anilines is 1. The summed E-state index contributed by atoms with van der Waals surface area (Å²) in [7, 11) is 0. The molecule has 0 aliphatic heterocycles. The first-order valence-corrected chi connectivity index (χ1v) is 7.37. The van der Waals surface area contributed by atoms with Gasteiger partial charge in [0.25, 0.3) is 5.91 Å². The smallest absolute Gasteiger partial charge is 0.277 e. The zero-order valence-electron chi connectivity index (χ0n) is 10.3. The Morgan fingerprint density at radius 1 is 1.24 bits per heavy atom. The zero-order valence-corrected chi connectivity index (χ0v) is 13.4. The van der Waals surface area contributed by atoms with Crippen molar-refractivity contribution in [1.82, 2.24) is 14.6 Å². The molecule has 0 fully saturated rings. The molecule has 0 saturated carbocycles. The molecule has 1 N–H and O–H groups in total. The molecule has 2 aromatic heterocycles. The average Bonchev–Trinajstić information content (AvgIpc) is 2.81. The third-order valence-electron chi connectivity index (χ3n) is 2.76. The van der Waals surface area contributed by atoms with Gasteiger partial charge in [-0.3, -0.25) is 4.79 Å². The Morgan fingerprint density at radius 2 is 1.95 bits per heavy atom. The zero-order chi connectivity index (χ0) is 15.0. The van der Waals surface area contributed by atoms with E-state index < -0.39 is 5.91 Å². The summed E-state index contributed by atoms with van der Waals surface area (Å²) in [5.74, 6) is -0.428. The van der Waals surface area contributed by atoms with Crippen LogP contribution < -0.4 is 5.32 Å². The first-order valence-electron chi connectivity index (χ1n) is 5.82. The van der Waals surface area contributed by atoms with Crippen molar-refractivity contribution in [3.05, 3.63) is 56.9 Å². The van der Waals surface area contributed by atoms with Crippen LogP contribution in [0.2, 0.25) is 10.0 Å². The van der Waals surface area contributed by atoms with E-state index in [1.165, 1.54) is 4.52 Å². The molecule has 0 bridgehead atoms. The van der Waals surface area contributed by atoms with Crippen LogP contribution in [-0.2, 0) is 0 Å². The maximum Gasteiger partial charge on any atom is 0.277 e. The van der Waals surface area contributed by atoms with Gasteiger partial charge in [0.05, 0.1) is 20.2 Å². The largest absolute Gasteiger partial charge is 0.318 e. The summed E-state index contributed by atoms with van der Waals surface area (Å²) in [4.78, 5) is 16.5. The summed E-state index contributed by atoms with van der Waals surface area (Å²) in [6.45, 7) is 0. The quantitative estimate of drug-likeness (QED) is 0.723. The summed E-state index contributed by atoms with van der Waals surface area (Å²) >= 11 is 15.4. The van der Waals surface area contributed by atoms with Crippen LogP contribution in [0.5, 0.6) is 0 Å². The Kier molecular flexibility index (Phi) is 3.84. The summed E-state index contributed by atoms with van der Waals surface area (Å²) in [5.41, 5.74) is 1.10. The van der Waals surface area contributed by atoms with Crippen molar-refractivity contribution in [2.45, 2.75) is 0 Å². The van der Waals surface area contributed by atoms with Crippen LogP contribution in [-0.4, -0.2) is 20.5 Å². The van der Waals surface area contributed by atoms with E-state index in [0.717, 1.165) is 0 Å². The lowest BCUT2D eigenvalue weighted by Gasteiger charge is -2.07. The lowest BCUT2D eigenvalue weighted by molar-refractivity contribution is 0.102. The molecule has 0 radical (unpaired) electrons. The number of halogens is 3. The van der Waals surface area contributed by atoms with E-state index >= 15 is 0 Å². The van der Waals surface area contributed by atoms with Gasteiger partial charge in [-0.05, 0) is 34.1 Å². The van der Waals surface area contributed by atoms with Gasteiger partial charge in [0.2, 0.25) is 0 Å². The third kappa shape index (κ3) is 2.62. The minimum absolute atomic E-state index is 0.199. The van der Waals surface area contributed by atoms with Crippen molar-refractivity contribution in [1.29, 1.82) is 0 Å². The molecule has 0 spiro atoms. The first-order chi connectivity index (χ1) is 10.1. The maximum atomic E-state index is 12.3. The Labute approximate surface area is 138 Å². The van der Waals surface area contributed by atoms with Gasteiger partial charge in [-0.15, -0.1) is 0 Å². The Morgan fingerprint density at radius 3 is 2.62 bits per heavy atom. The molecule has 8 heteroatoms. The molecular weight excluding hydrogens is 379 g/mol. The van der Waals surface area contributed by atoms with Gasteiger partial charge in [0, 0.05) is 12.4 Å². The van der Waals surface area contributed by atoms with E-state index in [-0.39, 0.29) is 5.69 Å². The first kappa shape index (κ1) is 14.3. The monoisotopic (exact) mass is 384 g/mol. The lowest BCUT2D eigenvalue weighted by atomic mass is 10.3. The number of amides is 1. The Hall–Kier alpha value is -1.63. The van der Waals surface area contributed by atoms with Gasteiger partial charge in [0.15, 0.2) is 11.3 Å². The van der Waals surface area contributed by atoms with Crippen LogP contribution in [0.3, 0.4) is 0 Å². The highest BCUT2D eigenvalue weighted by molar-refractivity contribution is 9.10. The van der Waals surface area contributed by atoms with Gasteiger partial charge in [-0.25, -0.2) is 9.50 Å². The molecule has 3 rings (SSSR count). The highest BCUT2D eigenvalue weighted by Crippen LogP contribution is 2.31. The van der Waals surface area contributed by atoms with E-state index in [0.29, 0.717) is 25.9 Å². The second kappa shape index (κ2) is 5.63. The minimum atomic E-state index is -0.428. The summed E-state index contributed by atoms with van der Waals surface area (Å²) in [6, 6.07) is 6.71. The number of aromatic nitrogens is 3. The second-order valence-corrected chi connectivity index (χ2v) is 5.71. The molecule has 5 nitrogen and oxygen atoms in total. The number of para-hydroxylation sites is 1. The van der Waals surface area contributed by atoms with Crippen molar-refractivity contribution in [2.75, 3.05) is 5.32 Å². The van der Waals surface area contributed by atoms with Gasteiger partial charge in [-0.1, -0.05) is 29.3 Å². The molecule has 2 heterocycles. The maximum absolute atomic E-state index is 12.3. The molecule has 0 aliphatic rings. The highest BCUT2D eigenvalue weighted by Gasteiger charge is 2.20. The van der Waals surface area contributed by atoms with Gasteiger partial charge in [-0.2, -0.15) is 5.10 Å². The highest BCUT2D eigenvalue weighted by atomic mass is 79.9. The number of nitrogens with zero attached hydrogens (tertiary/aromatic N) is 3. The van der Waals surface area contributed by atoms with Crippen LogP contribution in [0.25, 0.3) is 5.65 Å². The molecule has 1 amide bonds. The van der Waals surface area contributed by atoms with E-state index in [1.807, 2.05) is 0 Å². The number of nitrogens with one attached hydrogen (secondary N) is 1. The van der Waals surface area contributed by atoms with E-state index in [9.17, 15) is 4.79 Å². The summed E-state index contributed by atoms with van der Waals surface area (Å²) < 4.78 is 2.01. The number of benzene rings is 1. The lowest BCUT2D eigenvalue weighted by Crippen LogP contribution is -2.14. The van der Waals surface area contributed by atoms with Crippen molar-refractivity contribution in [2.24, 2.45) is 0 Å². The number of fused-ring (bicyclic) bond motifs is 1. The fourth-order valence-electron chi connectivity index (χ4n) is 1.79. The van der Waals surface area contributed by atoms with Crippen LogP contribution >= 0.6 is 39.1 Å². The van der Waals surface area contributed by atoms with Crippen molar-refractivity contribution >= 4 is 56.4 Å². The van der Waals surface area contributed by atoms with Crippen molar-refractivity contribution in [3.63, 3.8) is 0 Å². The molecule has 0 atom stereocenters. The van der Waals surface area contributed by atoms with Crippen LogP contribution in [0.1, 0.15) is 10.5 Å². The molecule has 0 unspecified atom stereocenters. The van der Waals surface area contributed by atoms with Crippen molar-refractivity contribution < 1.29 is 4.79 Å². The summed E-state index contributed by atoms with van der Waals surface area (Å²) in [5, 5.41) is 7.55. The third-order valence-corrected chi connectivity index (χ3v) is 4.12. The van der Waals surface area contributed by atoms with Crippen LogP contribution in [0, 0.1) is 0 Å². The summed E-state index contributed by atoms with van der Waals surface area (Å²) in [6.07, 6.45) is 3.32. The number of hydrogen-bond donors (Lipinski definition) is 1. The second-order valence-electron chi connectivity index (χ2n) is 4.10. The molecular formula is C13H7BrCl2N4O. The number of hydrogen-bond acceptors (Lipinski definition) is 3. The Balaban J connectivity index is 2.00. The molecule has 1 aromatic carbocycles. The van der Waals surface area contributed by atoms with Crippen molar-refractivity contribution in [3.8, 4) is 0 Å². The number of carbonyl (C=O) groups is 1. The van der Waals surface area contributed by atoms with E-state index in [2.05, 4.69) is 31.3 Å². The van der Waals surface area contributed by atoms with Crippen LogP contribution in [0.15, 0.2) is 41.1 Å². The fraction of sp³-hybridized carbons (Fsp3) is 0. The number of rotatable bonds is 2. The predicted octanol–water partition coefficient (Wildman–Crippen LogP) is 4.05. The average molecular weight is 386 g/mol. The normalized spacial score (nSPS) is 10.8. The molecule has 0 aliphatic carbocycles. The SMILES string of the molecule is O=C(Nc1c(Cl)cccc1Cl)c1nn2cccnc2c1Br. The topological polar surface area (TPSA) is 59.3 Å². The van der Waals surface area contributed by atoms with Gasteiger partial charge >= 0.3 is 0 Å². The van der Waals surface area contributed by atoms with Gasteiger partial charge in [0.1, 0.15) is 0 Å².